The van der Waals surface area contributed by atoms with Crippen molar-refractivity contribution in [1.82, 2.24) is 9.29 Å². The van der Waals surface area contributed by atoms with Crippen LogP contribution in [0.4, 0.5) is 5.82 Å². The maximum atomic E-state index is 11.8. The summed E-state index contributed by atoms with van der Waals surface area (Å²) in [7, 11) is -0.475. The maximum Gasteiger partial charge on any atom is 0.244 e. The first kappa shape index (κ1) is 14.2. The van der Waals surface area contributed by atoms with E-state index in [0.29, 0.717) is 18.3 Å². The summed E-state index contributed by atoms with van der Waals surface area (Å²) in [6, 6.07) is 3.12. The van der Waals surface area contributed by atoms with Gasteiger partial charge in [-0.1, -0.05) is 0 Å². The molecule has 1 atom stereocenters. The summed E-state index contributed by atoms with van der Waals surface area (Å²) in [4.78, 5) is 4.21. The second-order valence-electron chi connectivity index (χ2n) is 4.95. The van der Waals surface area contributed by atoms with Crippen molar-refractivity contribution in [3.63, 3.8) is 0 Å². The molecule has 106 valence electrons. The van der Waals surface area contributed by atoms with Gasteiger partial charge in [-0.15, -0.1) is 0 Å². The molecular formula is C12H19N3O3S. The van der Waals surface area contributed by atoms with Crippen molar-refractivity contribution in [2.24, 2.45) is 5.92 Å². The van der Waals surface area contributed by atoms with Crippen LogP contribution in [0.1, 0.15) is 12.8 Å². The third kappa shape index (κ3) is 3.43. The fraction of sp³-hybridized carbons (Fsp3) is 0.583. The monoisotopic (exact) mass is 285 g/mol. The van der Waals surface area contributed by atoms with E-state index < -0.39 is 10.0 Å². The fourth-order valence-corrected chi connectivity index (χ4v) is 2.55. The number of aromatic nitrogens is 1. The summed E-state index contributed by atoms with van der Waals surface area (Å²) in [5.41, 5.74) is 0. The molecule has 1 aromatic rings. The zero-order chi connectivity index (χ0) is 14.0. The van der Waals surface area contributed by atoms with Gasteiger partial charge in [-0.05, 0) is 30.9 Å². The van der Waals surface area contributed by atoms with Crippen LogP contribution in [0.3, 0.4) is 0 Å². The van der Waals surface area contributed by atoms with E-state index in [1.54, 1.807) is 6.07 Å². The van der Waals surface area contributed by atoms with Crippen LogP contribution in [0.15, 0.2) is 23.2 Å². The van der Waals surface area contributed by atoms with Gasteiger partial charge in [0.2, 0.25) is 10.0 Å². The molecule has 0 bridgehead atoms. The Bertz CT molecular complexity index is 524. The molecule has 0 aromatic carbocycles. The zero-order valence-corrected chi connectivity index (χ0v) is 11.9. The van der Waals surface area contributed by atoms with Crippen molar-refractivity contribution in [2.45, 2.75) is 23.8 Å². The van der Waals surface area contributed by atoms with E-state index in [1.807, 2.05) is 0 Å². The molecule has 1 unspecified atom stereocenters. The maximum absolute atomic E-state index is 11.8. The number of nitrogens with one attached hydrogen (secondary N) is 1. The second-order valence-corrected chi connectivity index (χ2v) is 7.10. The topological polar surface area (TPSA) is 82.5 Å². The number of aliphatic hydroxyl groups is 1. The molecule has 1 aliphatic carbocycles. The fourth-order valence-electron chi connectivity index (χ4n) is 1.71. The van der Waals surface area contributed by atoms with Crippen LogP contribution in [0, 0.1) is 5.92 Å². The Labute approximate surface area is 113 Å². The van der Waals surface area contributed by atoms with E-state index in [1.165, 1.54) is 26.4 Å². The highest BCUT2D eigenvalue weighted by atomic mass is 32.2. The molecule has 19 heavy (non-hydrogen) atoms. The van der Waals surface area contributed by atoms with Gasteiger partial charge in [0.15, 0.2) is 0 Å². The largest absolute Gasteiger partial charge is 0.391 e. The van der Waals surface area contributed by atoms with Crippen molar-refractivity contribution in [3.8, 4) is 0 Å². The lowest BCUT2D eigenvalue weighted by Crippen LogP contribution is -2.23. The molecular weight excluding hydrogens is 266 g/mol. The van der Waals surface area contributed by atoms with Crippen LogP contribution in [0.2, 0.25) is 0 Å². The predicted octanol–water partition coefficient (Wildman–Crippen LogP) is 0.515. The van der Waals surface area contributed by atoms with E-state index in [4.69, 9.17) is 0 Å². The molecule has 2 N–H and O–H groups in total. The van der Waals surface area contributed by atoms with Gasteiger partial charge >= 0.3 is 0 Å². The molecule has 2 rings (SSSR count). The molecule has 1 fully saturated rings. The molecule has 0 amide bonds. The molecule has 7 heteroatoms. The minimum absolute atomic E-state index is 0.158. The summed E-state index contributed by atoms with van der Waals surface area (Å²) < 4.78 is 24.8. The minimum atomic E-state index is -3.43. The van der Waals surface area contributed by atoms with Crippen molar-refractivity contribution in [1.29, 1.82) is 0 Å². The SMILES string of the molecule is CN(C)S(=O)(=O)c1ccc(NCC(O)C2CC2)nc1. The van der Waals surface area contributed by atoms with Gasteiger partial charge in [-0.3, -0.25) is 0 Å². The Morgan fingerprint density at radius 2 is 2.16 bits per heavy atom. The molecule has 6 nitrogen and oxygen atoms in total. The van der Waals surface area contributed by atoms with E-state index in [0.717, 1.165) is 17.1 Å². The van der Waals surface area contributed by atoms with E-state index >= 15 is 0 Å². The zero-order valence-electron chi connectivity index (χ0n) is 11.1. The second kappa shape index (κ2) is 5.44. The van der Waals surface area contributed by atoms with Crippen molar-refractivity contribution < 1.29 is 13.5 Å². The lowest BCUT2D eigenvalue weighted by atomic mass is 10.2. The van der Waals surface area contributed by atoms with Crippen molar-refractivity contribution in [3.05, 3.63) is 18.3 Å². The van der Waals surface area contributed by atoms with Crippen LogP contribution >= 0.6 is 0 Å². The number of sulfonamides is 1. The highest BCUT2D eigenvalue weighted by Crippen LogP contribution is 2.32. The van der Waals surface area contributed by atoms with Crippen molar-refractivity contribution >= 4 is 15.8 Å². The number of aliphatic hydroxyl groups excluding tert-OH is 1. The normalized spacial score (nSPS) is 17.5. The highest BCUT2D eigenvalue weighted by molar-refractivity contribution is 7.89. The van der Waals surface area contributed by atoms with Crippen LogP contribution in [0.5, 0.6) is 0 Å². The number of anilines is 1. The summed E-state index contributed by atoms with van der Waals surface area (Å²) in [5.74, 6) is 0.971. The molecule has 0 aliphatic heterocycles. The highest BCUT2D eigenvalue weighted by Gasteiger charge is 2.29. The van der Waals surface area contributed by atoms with Gasteiger partial charge in [0.25, 0.3) is 0 Å². The van der Waals surface area contributed by atoms with Gasteiger partial charge in [0.05, 0.1) is 6.10 Å². The quantitative estimate of drug-likeness (QED) is 0.796. The molecule has 1 aromatic heterocycles. The van der Waals surface area contributed by atoms with Crippen molar-refractivity contribution in [2.75, 3.05) is 26.0 Å². The number of hydrogen-bond donors (Lipinski definition) is 2. The minimum Gasteiger partial charge on any atom is -0.391 e. The number of rotatable bonds is 6. The standard InChI is InChI=1S/C12H19N3O3S/c1-15(2)19(17,18)10-5-6-12(13-7-10)14-8-11(16)9-3-4-9/h5-7,9,11,16H,3-4,8H2,1-2H3,(H,13,14). The first-order chi connectivity index (χ1) is 8.91. The molecule has 0 saturated heterocycles. The summed E-state index contributed by atoms with van der Waals surface area (Å²) >= 11 is 0. The van der Waals surface area contributed by atoms with Crippen LogP contribution in [-0.4, -0.2) is 49.6 Å². The summed E-state index contributed by atoms with van der Waals surface area (Å²) in [6.07, 6.45) is 3.13. The van der Waals surface area contributed by atoms with Crippen LogP contribution in [0.25, 0.3) is 0 Å². The number of nitrogens with zero attached hydrogens (tertiary/aromatic N) is 2. The number of pyridine rings is 1. The smallest absolute Gasteiger partial charge is 0.244 e. The van der Waals surface area contributed by atoms with E-state index in [2.05, 4.69) is 10.3 Å². The van der Waals surface area contributed by atoms with Gasteiger partial charge in [-0.2, -0.15) is 0 Å². The Kier molecular flexibility index (Phi) is 4.07. The Morgan fingerprint density at radius 1 is 1.47 bits per heavy atom. The summed E-state index contributed by atoms with van der Waals surface area (Å²) in [6.45, 7) is 0.442. The molecule has 1 saturated carbocycles. The Balaban J connectivity index is 1.98. The first-order valence-corrected chi connectivity index (χ1v) is 7.66. The van der Waals surface area contributed by atoms with Crippen LogP contribution < -0.4 is 5.32 Å². The predicted molar refractivity (Wildman–Crippen MR) is 72.3 cm³/mol. The molecule has 1 heterocycles. The average Bonchev–Trinajstić information content (AvgIpc) is 3.20. The molecule has 0 spiro atoms. The first-order valence-electron chi connectivity index (χ1n) is 6.22. The lowest BCUT2D eigenvalue weighted by molar-refractivity contribution is 0.164. The lowest BCUT2D eigenvalue weighted by Gasteiger charge is -2.13. The average molecular weight is 285 g/mol. The summed E-state index contributed by atoms with van der Waals surface area (Å²) in [5, 5.41) is 12.7. The third-order valence-electron chi connectivity index (χ3n) is 3.17. The van der Waals surface area contributed by atoms with Gasteiger partial charge in [0.1, 0.15) is 10.7 Å². The van der Waals surface area contributed by atoms with Gasteiger partial charge in [-0.25, -0.2) is 17.7 Å². The van der Waals surface area contributed by atoms with E-state index in [9.17, 15) is 13.5 Å². The molecule has 1 aliphatic rings. The van der Waals surface area contributed by atoms with Gasteiger partial charge in [0, 0.05) is 26.8 Å². The Morgan fingerprint density at radius 3 is 2.63 bits per heavy atom. The Hall–Kier alpha value is -1.18. The van der Waals surface area contributed by atoms with Crippen LogP contribution in [-0.2, 0) is 10.0 Å². The van der Waals surface area contributed by atoms with E-state index in [-0.39, 0.29) is 11.0 Å². The number of hydrogen-bond acceptors (Lipinski definition) is 5. The van der Waals surface area contributed by atoms with Gasteiger partial charge < -0.3 is 10.4 Å². The third-order valence-corrected chi connectivity index (χ3v) is 4.97. The molecule has 0 radical (unpaired) electrons.